The molecule has 1 aromatic heterocycles. The van der Waals surface area contributed by atoms with Crippen molar-refractivity contribution in [3.8, 4) is 0 Å². The molecule has 6 N–H and O–H groups in total. The number of primary amides is 1. The molecule has 3 aromatic rings. The van der Waals surface area contributed by atoms with E-state index in [2.05, 4.69) is 10.3 Å². The van der Waals surface area contributed by atoms with Crippen molar-refractivity contribution in [1.29, 1.82) is 0 Å². The number of aromatic nitrogens is 1. The summed E-state index contributed by atoms with van der Waals surface area (Å²) in [6, 6.07) is 13.7. The van der Waals surface area contributed by atoms with Crippen LogP contribution in [0.15, 0.2) is 70.6 Å². The lowest BCUT2D eigenvalue weighted by Gasteiger charge is -2.12. The maximum Gasteiger partial charge on any atom is 0.250 e. The summed E-state index contributed by atoms with van der Waals surface area (Å²) >= 11 is 5.74. The summed E-state index contributed by atoms with van der Waals surface area (Å²) in [4.78, 5) is 15.4. The first-order valence-corrected chi connectivity index (χ1v) is 11.6. The highest BCUT2D eigenvalue weighted by atomic mass is 35.5. The van der Waals surface area contributed by atoms with Crippen molar-refractivity contribution in [3.05, 3.63) is 82.6 Å². The highest BCUT2D eigenvalue weighted by Crippen LogP contribution is 2.24. The minimum Gasteiger partial charge on any atom is -0.398 e. The lowest BCUT2D eigenvalue weighted by Crippen LogP contribution is -2.23. The van der Waals surface area contributed by atoms with Gasteiger partial charge in [0.05, 0.1) is 21.5 Å². The van der Waals surface area contributed by atoms with E-state index in [1.807, 2.05) is 0 Å². The highest BCUT2D eigenvalue weighted by Gasteiger charge is 2.20. The number of sulfone groups is 1. The molecular formula is C22H23ClN4O4S. The smallest absolute Gasteiger partial charge is 0.250 e. The van der Waals surface area contributed by atoms with Gasteiger partial charge in [0.1, 0.15) is 5.15 Å². The molecule has 1 atom stereocenters. The van der Waals surface area contributed by atoms with E-state index < -0.39 is 21.8 Å². The zero-order chi connectivity index (χ0) is 23.3. The number of hydrogen-bond donors (Lipinski definition) is 4. The van der Waals surface area contributed by atoms with E-state index in [1.165, 1.54) is 36.5 Å². The monoisotopic (exact) mass is 474 g/mol. The molecule has 0 aliphatic carbocycles. The van der Waals surface area contributed by atoms with Crippen molar-refractivity contribution in [1.82, 2.24) is 10.3 Å². The number of nitrogens with two attached hydrogens (primary N) is 2. The number of amides is 1. The second-order valence-electron chi connectivity index (χ2n) is 7.14. The summed E-state index contributed by atoms with van der Waals surface area (Å²) in [5.41, 5.74) is 12.6. The lowest BCUT2D eigenvalue weighted by atomic mass is 10.1. The maximum atomic E-state index is 12.9. The van der Waals surface area contributed by atoms with Crippen LogP contribution >= 0.6 is 11.6 Å². The van der Waals surface area contributed by atoms with Crippen molar-refractivity contribution in [2.75, 3.05) is 18.8 Å². The Morgan fingerprint density at radius 3 is 2.41 bits per heavy atom. The Balaban J connectivity index is 1.59. The first kappa shape index (κ1) is 23.7. The molecule has 1 heterocycles. The predicted octanol–water partition coefficient (Wildman–Crippen LogP) is 2.11. The second kappa shape index (κ2) is 10.1. The van der Waals surface area contributed by atoms with E-state index in [0.717, 1.165) is 5.56 Å². The topological polar surface area (TPSA) is 148 Å². The number of hydrogen-bond acceptors (Lipinski definition) is 7. The number of halogens is 1. The van der Waals surface area contributed by atoms with Gasteiger partial charge >= 0.3 is 0 Å². The van der Waals surface area contributed by atoms with Crippen LogP contribution in [0.25, 0.3) is 0 Å². The first-order valence-electron chi connectivity index (χ1n) is 9.72. The minimum absolute atomic E-state index is 0.0367. The van der Waals surface area contributed by atoms with Gasteiger partial charge in [0, 0.05) is 24.0 Å². The molecule has 10 heteroatoms. The van der Waals surface area contributed by atoms with Crippen LogP contribution in [0, 0.1) is 0 Å². The molecule has 0 saturated carbocycles. The Hall–Kier alpha value is -2.98. The second-order valence-corrected chi connectivity index (χ2v) is 9.48. The van der Waals surface area contributed by atoms with E-state index in [9.17, 15) is 18.3 Å². The first-order chi connectivity index (χ1) is 15.2. The zero-order valence-electron chi connectivity index (χ0n) is 17.0. The zero-order valence-corrected chi connectivity index (χ0v) is 18.6. The van der Waals surface area contributed by atoms with Crippen LogP contribution in [-0.4, -0.2) is 37.5 Å². The Bertz CT molecular complexity index is 1200. The van der Waals surface area contributed by atoms with Crippen molar-refractivity contribution in [2.24, 2.45) is 5.73 Å². The van der Waals surface area contributed by atoms with Crippen LogP contribution in [-0.2, 0) is 16.3 Å². The van der Waals surface area contributed by atoms with Crippen LogP contribution in [0.2, 0.25) is 5.15 Å². The average molecular weight is 475 g/mol. The fraction of sp³-hybridized carbons (Fsp3) is 0.182. The molecule has 0 spiro atoms. The van der Waals surface area contributed by atoms with Gasteiger partial charge in [0.2, 0.25) is 9.84 Å². The number of rotatable bonds is 9. The summed E-state index contributed by atoms with van der Waals surface area (Å²) in [5, 5.41) is 13.7. The van der Waals surface area contributed by atoms with Crippen molar-refractivity contribution < 1.29 is 18.3 Å². The van der Waals surface area contributed by atoms with Crippen molar-refractivity contribution >= 4 is 33.0 Å². The van der Waals surface area contributed by atoms with Gasteiger partial charge in [-0.1, -0.05) is 29.8 Å². The van der Waals surface area contributed by atoms with Gasteiger partial charge in [-0.25, -0.2) is 13.4 Å². The largest absolute Gasteiger partial charge is 0.398 e. The Kier molecular flexibility index (Phi) is 7.47. The van der Waals surface area contributed by atoms with E-state index >= 15 is 0 Å². The van der Waals surface area contributed by atoms with Gasteiger partial charge < -0.3 is 21.9 Å². The fourth-order valence-corrected chi connectivity index (χ4v) is 4.46. The van der Waals surface area contributed by atoms with Gasteiger partial charge in [0.15, 0.2) is 0 Å². The number of benzene rings is 2. The molecule has 3 rings (SSSR count). The van der Waals surface area contributed by atoms with Crippen LogP contribution < -0.4 is 16.8 Å². The number of nitrogens with zero attached hydrogens (tertiary/aromatic N) is 1. The summed E-state index contributed by atoms with van der Waals surface area (Å²) in [7, 11) is -3.83. The number of nitrogen functional groups attached to an aromatic ring is 1. The van der Waals surface area contributed by atoms with E-state index in [1.54, 1.807) is 24.3 Å². The number of nitrogens with one attached hydrogen (secondary N) is 1. The van der Waals surface area contributed by atoms with E-state index in [-0.39, 0.29) is 21.0 Å². The number of carbonyl (C=O) groups excluding carboxylic acids is 1. The molecule has 2 aromatic carbocycles. The Labute approximate surface area is 191 Å². The van der Waals surface area contributed by atoms with Crippen LogP contribution in [0.5, 0.6) is 0 Å². The third-order valence-corrected chi connectivity index (χ3v) is 6.89. The molecule has 0 aliphatic heterocycles. The predicted molar refractivity (Wildman–Crippen MR) is 122 cm³/mol. The van der Waals surface area contributed by atoms with Gasteiger partial charge in [-0.3, -0.25) is 4.79 Å². The molecule has 32 heavy (non-hydrogen) atoms. The van der Waals surface area contributed by atoms with E-state index in [4.69, 9.17) is 23.1 Å². The molecule has 0 fully saturated rings. The van der Waals surface area contributed by atoms with Gasteiger partial charge in [0.25, 0.3) is 5.91 Å². The summed E-state index contributed by atoms with van der Waals surface area (Å²) in [6.07, 6.45) is 1.46. The normalized spacial score (nSPS) is 12.4. The third kappa shape index (κ3) is 5.63. The number of carbonyl (C=O) groups is 1. The van der Waals surface area contributed by atoms with Crippen molar-refractivity contribution in [3.63, 3.8) is 0 Å². The van der Waals surface area contributed by atoms with Gasteiger partial charge in [-0.2, -0.15) is 0 Å². The molecule has 0 unspecified atom stereocenters. The summed E-state index contributed by atoms with van der Waals surface area (Å²) in [6.45, 7) is 0.930. The van der Waals surface area contributed by atoms with Crippen LogP contribution in [0.3, 0.4) is 0 Å². The standard InChI is InChI=1S/C22H23ClN4O4S/c23-21-8-3-15(12-27-21)20(28)13-26-10-9-14-1-4-16(5-2-14)32(30,31)17-6-7-19(24)18(11-17)22(25)29/h1-8,11-12,20,26,28H,9-10,13,24H2,(H2,25,29)/t20-/m1/s1. The minimum atomic E-state index is -3.83. The molecule has 0 bridgehead atoms. The summed E-state index contributed by atoms with van der Waals surface area (Å²) in [5.74, 6) is -0.792. The molecule has 8 nitrogen and oxygen atoms in total. The Morgan fingerprint density at radius 2 is 1.78 bits per heavy atom. The molecule has 1 amide bonds. The number of aliphatic hydroxyl groups excluding tert-OH is 1. The average Bonchev–Trinajstić information content (AvgIpc) is 2.77. The summed E-state index contributed by atoms with van der Waals surface area (Å²) < 4.78 is 25.8. The highest BCUT2D eigenvalue weighted by molar-refractivity contribution is 7.91. The number of aliphatic hydroxyl groups is 1. The quantitative estimate of drug-likeness (QED) is 0.211. The van der Waals surface area contributed by atoms with Crippen LogP contribution in [0.4, 0.5) is 5.69 Å². The lowest BCUT2D eigenvalue weighted by molar-refractivity contribution is 0.100. The SMILES string of the molecule is NC(=O)c1cc(S(=O)(=O)c2ccc(CCNC[C@@H](O)c3ccc(Cl)nc3)cc2)ccc1N. The maximum absolute atomic E-state index is 12.9. The van der Waals surface area contributed by atoms with Gasteiger partial charge in [-0.15, -0.1) is 0 Å². The number of pyridine rings is 1. The molecule has 0 radical (unpaired) electrons. The van der Waals surface area contributed by atoms with Gasteiger partial charge in [-0.05, 0) is 54.9 Å². The van der Waals surface area contributed by atoms with Crippen molar-refractivity contribution in [2.45, 2.75) is 22.3 Å². The Morgan fingerprint density at radius 1 is 1.09 bits per heavy atom. The molecule has 168 valence electrons. The molecular weight excluding hydrogens is 452 g/mol. The fourth-order valence-electron chi connectivity index (χ4n) is 3.06. The third-order valence-electron chi connectivity index (χ3n) is 4.90. The van der Waals surface area contributed by atoms with Crippen LogP contribution in [0.1, 0.15) is 27.6 Å². The molecule has 0 saturated heterocycles. The van der Waals surface area contributed by atoms with E-state index in [0.29, 0.717) is 30.2 Å². The molecule has 0 aliphatic rings. The number of anilines is 1.